The summed E-state index contributed by atoms with van der Waals surface area (Å²) in [6.07, 6.45) is 2.41. The van der Waals surface area contributed by atoms with Crippen LogP contribution in [0, 0.1) is 0 Å². The molecule has 0 aromatic heterocycles. The minimum Gasteiger partial charge on any atom is -0.378 e. The number of hydrogen-bond acceptors (Lipinski definition) is 4. The largest absolute Gasteiger partial charge is 0.378 e. The zero-order valence-corrected chi connectivity index (χ0v) is 9.78. The minimum absolute atomic E-state index is 0.216. The van der Waals surface area contributed by atoms with Gasteiger partial charge in [-0.05, 0) is 26.3 Å². The van der Waals surface area contributed by atoms with E-state index in [9.17, 15) is 9.59 Å². The molecule has 1 aliphatic rings. The number of primary amides is 1. The van der Waals surface area contributed by atoms with E-state index in [4.69, 9.17) is 10.5 Å². The highest BCUT2D eigenvalue weighted by atomic mass is 16.5. The summed E-state index contributed by atoms with van der Waals surface area (Å²) in [4.78, 5) is 24.0. The smallest absolute Gasteiger partial charge is 0.237 e. The molecule has 2 N–H and O–H groups in total. The first kappa shape index (κ1) is 13.1. The monoisotopic (exact) mass is 228 g/mol. The van der Waals surface area contributed by atoms with Gasteiger partial charge in [-0.1, -0.05) is 0 Å². The number of carbonyl (C=O) groups excluding carboxylic acids is 2. The third kappa shape index (κ3) is 4.28. The molecule has 1 saturated heterocycles. The Balaban J connectivity index is 2.27. The Morgan fingerprint density at radius 3 is 2.81 bits per heavy atom. The van der Waals surface area contributed by atoms with E-state index in [-0.39, 0.29) is 17.7 Å². The van der Waals surface area contributed by atoms with Crippen LogP contribution in [0.15, 0.2) is 0 Å². The molecule has 1 aliphatic heterocycles. The van der Waals surface area contributed by atoms with Crippen LogP contribution in [0.5, 0.6) is 0 Å². The lowest BCUT2D eigenvalue weighted by molar-refractivity contribution is -0.129. The Morgan fingerprint density at radius 2 is 2.19 bits per heavy atom. The van der Waals surface area contributed by atoms with Gasteiger partial charge in [-0.3, -0.25) is 9.69 Å². The summed E-state index contributed by atoms with van der Waals surface area (Å²) >= 11 is 0. The van der Waals surface area contributed by atoms with Crippen molar-refractivity contribution in [2.45, 2.75) is 32.2 Å². The van der Waals surface area contributed by atoms with Crippen LogP contribution in [0.4, 0.5) is 0 Å². The molecule has 0 saturated carbocycles. The zero-order chi connectivity index (χ0) is 12.0. The van der Waals surface area contributed by atoms with Gasteiger partial charge in [-0.25, -0.2) is 0 Å². The summed E-state index contributed by atoms with van der Waals surface area (Å²) in [5, 5.41) is 0. The van der Waals surface area contributed by atoms with Gasteiger partial charge in [0, 0.05) is 13.0 Å². The summed E-state index contributed by atoms with van der Waals surface area (Å²) in [5.74, 6) is -0.111. The van der Waals surface area contributed by atoms with Crippen LogP contribution >= 0.6 is 0 Å². The first-order valence-electron chi connectivity index (χ1n) is 5.72. The maximum absolute atomic E-state index is 11.2. The second-order valence-electron chi connectivity index (χ2n) is 4.19. The molecule has 0 aliphatic carbocycles. The van der Waals surface area contributed by atoms with Crippen LogP contribution in [0.1, 0.15) is 26.2 Å². The van der Waals surface area contributed by atoms with Gasteiger partial charge >= 0.3 is 0 Å². The fraction of sp³-hybridized carbons (Fsp3) is 0.818. The third-order valence-electron chi connectivity index (χ3n) is 2.79. The zero-order valence-electron chi connectivity index (χ0n) is 9.78. The number of amides is 1. The normalized spacial score (nSPS) is 21.9. The van der Waals surface area contributed by atoms with Crippen molar-refractivity contribution in [1.82, 2.24) is 4.90 Å². The lowest BCUT2D eigenvalue weighted by atomic mass is 10.1. The minimum atomic E-state index is -0.328. The number of unbranched alkanes of at least 4 members (excludes halogenated alkanes) is 1. The Hall–Kier alpha value is -0.940. The molecule has 1 amide bonds. The van der Waals surface area contributed by atoms with Crippen LogP contribution in [0.3, 0.4) is 0 Å². The summed E-state index contributed by atoms with van der Waals surface area (Å²) in [6, 6.07) is -0.300. The highest BCUT2D eigenvalue weighted by Crippen LogP contribution is 2.08. The number of ketones is 1. The maximum atomic E-state index is 11.2. The lowest BCUT2D eigenvalue weighted by Crippen LogP contribution is -2.52. The van der Waals surface area contributed by atoms with Gasteiger partial charge in [0.05, 0.1) is 13.2 Å². The van der Waals surface area contributed by atoms with Gasteiger partial charge in [0.1, 0.15) is 11.8 Å². The van der Waals surface area contributed by atoms with Crippen LogP contribution in [-0.2, 0) is 14.3 Å². The SMILES string of the molecule is CC(=O)CCCCN1CCOCC1C(N)=O. The first-order chi connectivity index (χ1) is 7.61. The molecule has 1 atom stereocenters. The Labute approximate surface area is 95.9 Å². The van der Waals surface area contributed by atoms with Gasteiger partial charge in [-0.2, -0.15) is 0 Å². The average molecular weight is 228 g/mol. The second kappa shape index (κ2) is 6.60. The van der Waals surface area contributed by atoms with E-state index in [0.29, 0.717) is 19.6 Å². The van der Waals surface area contributed by atoms with E-state index in [1.165, 1.54) is 0 Å². The predicted octanol–water partition coefficient (Wildman–Crippen LogP) is -0.0682. The summed E-state index contributed by atoms with van der Waals surface area (Å²) in [5.41, 5.74) is 5.30. The van der Waals surface area contributed by atoms with E-state index < -0.39 is 0 Å². The highest BCUT2D eigenvalue weighted by molar-refractivity contribution is 5.80. The number of carbonyl (C=O) groups is 2. The van der Waals surface area contributed by atoms with E-state index >= 15 is 0 Å². The van der Waals surface area contributed by atoms with Gasteiger partial charge in [0.2, 0.25) is 5.91 Å². The fourth-order valence-electron chi connectivity index (χ4n) is 1.86. The summed E-state index contributed by atoms with van der Waals surface area (Å²) < 4.78 is 5.22. The van der Waals surface area contributed by atoms with Crippen molar-refractivity contribution in [2.75, 3.05) is 26.3 Å². The molecular formula is C11H20N2O3. The highest BCUT2D eigenvalue weighted by Gasteiger charge is 2.26. The van der Waals surface area contributed by atoms with Crippen molar-refractivity contribution >= 4 is 11.7 Å². The molecular weight excluding hydrogens is 208 g/mol. The van der Waals surface area contributed by atoms with E-state index in [1.54, 1.807) is 6.92 Å². The first-order valence-corrected chi connectivity index (χ1v) is 5.72. The average Bonchev–Trinajstić information content (AvgIpc) is 2.24. The standard InChI is InChI=1S/C11H20N2O3/c1-9(14)4-2-3-5-13-6-7-16-8-10(13)11(12)15/h10H,2-8H2,1H3,(H2,12,15). The number of Topliss-reactive ketones (excluding diaryl/α,β-unsaturated/α-hetero) is 1. The number of rotatable bonds is 6. The molecule has 92 valence electrons. The third-order valence-corrected chi connectivity index (χ3v) is 2.79. The van der Waals surface area contributed by atoms with Crippen molar-refractivity contribution in [3.63, 3.8) is 0 Å². The van der Waals surface area contributed by atoms with Gasteiger partial charge in [0.25, 0.3) is 0 Å². The molecule has 0 aromatic carbocycles. The van der Waals surface area contributed by atoms with Crippen molar-refractivity contribution < 1.29 is 14.3 Å². The van der Waals surface area contributed by atoms with E-state index in [2.05, 4.69) is 0 Å². The van der Waals surface area contributed by atoms with Crippen molar-refractivity contribution in [1.29, 1.82) is 0 Å². The molecule has 1 heterocycles. The maximum Gasteiger partial charge on any atom is 0.237 e. The number of ether oxygens (including phenoxy) is 1. The fourth-order valence-corrected chi connectivity index (χ4v) is 1.86. The van der Waals surface area contributed by atoms with Crippen LogP contribution in [0.2, 0.25) is 0 Å². The second-order valence-corrected chi connectivity index (χ2v) is 4.19. The molecule has 1 rings (SSSR count). The molecule has 16 heavy (non-hydrogen) atoms. The van der Waals surface area contributed by atoms with Crippen molar-refractivity contribution in [3.05, 3.63) is 0 Å². The van der Waals surface area contributed by atoms with E-state index in [0.717, 1.165) is 25.9 Å². The Morgan fingerprint density at radius 1 is 1.44 bits per heavy atom. The number of nitrogens with two attached hydrogens (primary N) is 1. The summed E-state index contributed by atoms with van der Waals surface area (Å²) in [7, 11) is 0. The quantitative estimate of drug-likeness (QED) is 0.646. The molecule has 1 unspecified atom stereocenters. The molecule has 0 radical (unpaired) electrons. The molecule has 0 spiro atoms. The Bertz CT molecular complexity index is 256. The van der Waals surface area contributed by atoms with Crippen molar-refractivity contribution in [2.24, 2.45) is 5.73 Å². The number of hydrogen-bond donors (Lipinski definition) is 1. The number of nitrogens with zero attached hydrogens (tertiary/aromatic N) is 1. The van der Waals surface area contributed by atoms with Crippen LogP contribution in [-0.4, -0.2) is 48.9 Å². The molecule has 1 fully saturated rings. The summed E-state index contributed by atoms with van der Waals surface area (Å²) in [6.45, 7) is 4.19. The predicted molar refractivity (Wildman–Crippen MR) is 59.9 cm³/mol. The van der Waals surface area contributed by atoms with Crippen molar-refractivity contribution in [3.8, 4) is 0 Å². The molecule has 0 aromatic rings. The molecule has 5 heteroatoms. The van der Waals surface area contributed by atoms with E-state index in [1.807, 2.05) is 4.90 Å². The number of morpholine rings is 1. The van der Waals surface area contributed by atoms with Gasteiger partial charge in [0.15, 0.2) is 0 Å². The van der Waals surface area contributed by atoms with Gasteiger partial charge in [-0.15, -0.1) is 0 Å². The van der Waals surface area contributed by atoms with Gasteiger partial charge < -0.3 is 15.3 Å². The molecule has 5 nitrogen and oxygen atoms in total. The Kier molecular flexibility index (Phi) is 5.42. The molecule has 0 bridgehead atoms. The van der Waals surface area contributed by atoms with Crippen LogP contribution < -0.4 is 5.73 Å². The van der Waals surface area contributed by atoms with Crippen LogP contribution in [0.25, 0.3) is 0 Å². The topological polar surface area (TPSA) is 72.6 Å². The lowest BCUT2D eigenvalue weighted by Gasteiger charge is -2.33.